The molecule has 0 bridgehead atoms. The standard InChI is InChI=1S/C12H23N3O5S/c1-5-18-9(19-6-2)8-15(14-12(21)13-4)10(16)11(17)20-7-3/h9H,5-8H2,1-4H3,(H2,13,14,21). The second-order valence-electron chi connectivity index (χ2n) is 3.67. The van der Waals surface area contributed by atoms with E-state index in [1.165, 1.54) is 0 Å². The van der Waals surface area contributed by atoms with E-state index >= 15 is 0 Å². The smallest absolute Gasteiger partial charge is 0.398 e. The first-order chi connectivity index (χ1) is 9.99. The first-order valence-corrected chi connectivity index (χ1v) is 7.11. The number of nitrogens with one attached hydrogen (secondary N) is 2. The van der Waals surface area contributed by atoms with Gasteiger partial charge in [0.2, 0.25) is 0 Å². The van der Waals surface area contributed by atoms with Crippen molar-refractivity contribution in [1.29, 1.82) is 0 Å². The molecule has 0 saturated heterocycles. The number of thiocarbonyl (C=S) groups is 1. The van der Waals surface area contributed by atoms with Crippen molar-refractivity contribution >= 4 is 29.2 Å². The van der Waals surface area contributed by atoms with Crippen molar-refractivity contribution in [3.63, 3.8) is 0 Å². The molecule has 0 heterocycles. The molecule has 0 aromatic rings. The van der Waals surface area contributed by atoms with E-state index in [-0.39, 0.29) is 18.3 Å². The molecule has 9 heteroatoms. The van der Waals surface area contributed by atoms with Crippen molar-refractivity contribution in [3.8, 4) is 0 Å². The highest BCUT2D eigenvalue weighted by molar-refractivity contribution is 7.80. The van der Waals surface area contributed by atoms with Crippen molar-refractivity contribution in [2.45, 2.75) is 27.1 Å². The molecule has 2 N–H and O–H groups in total. The van der Waals surface area contributed by atoms with E-state index in [4.69, 9.17) is 21.7 Å². The van der Waals surface area contributed by atoms with E-state index in [2.05, 4.69) is 15.5 Å². The number of hydrogen-bond acceptors (Lipinski definition) is 6. The van der Waals surface area contributed by atoms with Crippen LogP contribution in [0.3, 0.4) is 0 Å². The monoisotopic (exact) mass is 321 g/mol. The lowest BCUT2D eigenvalue weighted by Crippen LogP contribution is -2.54. The van der Waals surface area contributed by atoms with Crippen LogP contribution in [0.25, 0.3) is 0 Å². The van der Waals surface area contributed by atoms with Crippen molar-refractivity contribution < 1.29 is 23.8 Å². The molecule has 0 aliphatic carbocycles. The first-order valence-electron chi connectivity index (χ1n) is 6.70. The highest BCUT2D eigenvalue weighted by atomic mass is 32.1. The Morgan fingerprint density at radius 2 is 1.71 bits per heavy atom. The van der Waals surface area contributed by atoms with Crippen LogP contribution < -0.4 is 10.7 Å². The topological polar surface area (TPSA) is 89.1 Å². The fourth-order valence-corrected chi connectivity index (χ4v) is 1.45. The second kappa shape index (κ2) is 11.2. The summed E-state index contributed by atoms with van der Waals surface area (Å²) in [6, 6.07) is 0. The second-order valence-corrected chi connectivity index (χ2v) is 4.08. The summed E-state index contributed by atoms with van der Waals surface area (Å²) in [4.78, 5) is 23.6. The summed E-state index contributed by atoms with van der Waals surface area (Å²) in [5.74, 6) is -1.85. The van der Waals surface area contributed by atoms with Crippen molar-refractivity contribution in [2.75, 3.05) is 33.4 Å². The van der Waals surface area contributed by atoms with Gasteiger partial charge in [0.1, 0.15) is 0 Å². The zero-order valence-corrected chi connectivity index (χ0v) is 13.6. The molecule has 0 rings (SSSR count). The molecular weight excluding hydrogens is 298 g/mol. The number of amides is 1. The van der Waals surface area contributed by atoms with Gasteiger partial charge in [-0.3, -0.25) is 10.2 Å². The largest absolute Gasteiger partial charge is 0.459 e. The molecule has 0 aliphatic heterocycles. The Morgan fingerprint density at radius 3 is 2.14 bits per heavy atom. The number of hydrazine groups is 1. The van der Waals surface area contributed by atoms with Crippen LogP contribution in [-0.4, -0.2) is 61.7 Å². The number of rotatable bonds is 7. The minimum absolute atomic E-state index is 0.0128. The summed E-state index contributed by atoms with van der Waals surface area (Å²) >= 11 is 4.93. The quantitative estimate of drug-likeness (QED) is 0.219. The molecule has 0 radical (unpaired) electrons. The maximum absolute atomic E-state index is 12.0. The summed E-state index contributed by atoms with van der Waals surface area (Å²) in [6.07, 6.45) is -0.675. The van der Waals surface area contributed by atoms with E-state index in [0.717, 1.165) is 5.01 Å². The molecule has 0 aliphatic rings. The van der Waals surface area contributed by atoms with E-state index < -0.39 is 18.2 Å². The van der Waals surface area contributed by atoms with Gasteiger partial charge in [-0.25, -0.2) is 9.80 Å². The minimum atomic E-state index is -0.976. The molecule has 122 valence electrons. The summed E-state index contributed by atoms with van der Waals surface area (Å²) < 4.78 is 15.4. The molecule has 0 aromatic carbocycles. The normalized spacial score (nSPS) is 10.1. The average Bonchev–Trinajstić information content (AvgIpc) is 2.46. The van der Waals surface area contributed by atoms with Crippen LogP contribution in [-0.2, 0) is 23.8 Å². The Morgan fingerprint density at radius 1 is 1.14 bits per heavy atom. The van der Waals surface area contributed by atoms with Gasteiger partial charge >= 0.3 is 11.9 Å². The van der Waals surface area contributed by atoms with Gasteiger partial charge in [-0.2, -0.15) is 0 Å². The van der Waals surface area contributed by atoms with Crippen LogP contribution in [0.1, 0.15) is 20.8 Å². The molecule has 1 amide bonds. The molecule has 0 saturated carbocycles. The Labute approximate surface area is 130 Å². The fourth-order valence-electron chi connectivity index (χ4n) is 1.34. The fraction of sp³-hybridized carbons (Fsp3) is 0.750. The van der Waals surface area contributed by atoms with Crippen LogP contribution in [0.15, 0.2) is 0 Å². The predicted octanol–water partition coefficient (Wildman–Crippen LogP) is -0.214. The predicted molar refractivity (Wildman–Crippen MR) is 80.2 cm³/mol. The number of esters is 1. The lowest BCUT2D eigenvalue weighted by Gasteiger charge is -2.27. The minimum Gasteiger partial charge on any atom is -0.459 e. The summed E-state index contributed by atoms with van der Waals surface area (Å²) in [5, 5.41) is 3.84. The van der Waals surface area contributed by atoms with Gasteiger partial charge in [-0.1, -0.05) is 0 Å². The number of carbonyl (C=O) groups is 2. The van der Waals surface area contributed by atoms with Gasteiger partial charge in [0, 0.05) is 20.3 Å². The molecule has 0 atom stereocenters. The van der Waals surface area contributed by atoms with Crippen LogP contribution in [0.5, 0.6) is 0 Å². The number of hydrogen-bond donors (Lipinski definition) is 2. The zero-order chi connectivity index (χ0) is 16.3. The van der Waals surface area contributed by atoms with Crippen molar-refractivity contribution in [3.05, 3.63) is 0 Å². The van der Waals surface area contributed by atoms with Gasteiger partial charge in [0.05, 0.1) is 13.2 Å². The van der Waals surface area contributed by atoms with Crippen molar-refractivity contribution in [1.82, 2.24) is 15.8 Å². The third kappa shape index (κ3) is 7.78. The maximum atomic E-state index is 12.0. The number of carbonyl (C=O) groups excluding carboxylic acids is 2. The lowest BCUT2D eigenvalue weighted by atomic mass is 10.5. The van der Waals surface area contributed by atoms with Crippen LogP contribution in [0.2, 0.25) is 0 Å². The summed E-state index contributed by atoms with van der Waals surface area (Å²) in [5.41, 5.74) is 2.60. The third-order valence-corrected chi connectivity index (χ3v) is 2.49. The Hall–Kier alpha value is -1.45. The molecule has 0 unspecified atom stereocenters. The Kier molecular flexibility index (Phi) is 10.5. The molecular formula is C12H23N3O5S. The first kappa shape index (κ1) is 19.6. The Bertz CT molecular complexity index is 348. The van der Waals surface area contributed by atoms with Gasteiger partial charge in [-0.15, -0.1) is 0 Å². The lowest BCUT2D eigenvalue weighted by molar-refractivity contribution is -0.172. The van der Waals surface area contributed by atoms with Crippen molar-refractivity contribution in [2.24, 2.45) is 0 Å². The van der Waals surface area contributed by atoms with E-state index in [9.17, 15) is 9.59 Å². The highest BCUT2D eigenvalue weighted by Gasteiger charge is 2.27. The van der Waals surface area contributed by atoms with E-state index in [1.54, 1.807) is 27.8 Å². The molecule has 0 fully saturated rings. The SMILES string of the molecule is CCOC(=O)C(=O)N(CC(OCC)OCC)NC(=S)NC. The van der Waals surface area contributed by atoms with Crippen LogP contribution >= 0.6 is 12.2 Å². The van der Waals surface area contributed by atoms with Gasteiger partial charge in [0.25, 0.3) is 0 Å². The zero-order valence-electron chi connectivity index (χ0n) is 12.8. The molecule has 21 heavy (non-hydrogen) atoms. The van der Waals surface area contributed by atoms with E-state index in [1.807, 2.05) is 0 Å². The highest BCUT2D eigenvalue weighted by Crippen LogP contribution is 2.00. The van der Waals surface area contributed by atoms with Crippen LogP contribution in [0, 0.1) is 0 Å². The maximum Gasteiger partial charge on any atom is 0.398 e. The molecule has 8 nitrogen and oxygen atoms in total. The average molecular weight is 321 g/mol. The summed E-state index contributed by atoms with van der Waals surface area (Å²) in [7, 11) is 1.59. The summed E-state index contributed by atoms with van der Waals surface area (Å²) in [6.45, 7) is 6.12. The van der Waals surface area contributed by atoms with Gasteiger partial charge < -0.3 is 19.5 Å². The number of nitrogens with zero attached hydrogens (tertiary/aromatic N) is 1. The molecule has 0 aromatic heterocycles. The third-order valence-electron chi connectivity index (χ3n) is 2.20. The Balaban J connectivity index is 4.89. The van der Waals surface area contributed by atoms with Gasteiger partial charge in [0.15, 0.2) is 11.4 Å². The van der Waals surface area contributed by atoms with Gasteiger partial charge in [-0.05, 0) is 33.0 Å². The van der Waals surface area contributed by atoms with E-state index in [0.29, 0.717) is 13.2 Å². The number of ether oxygens (including phenoxy) is 3. The van der Waals surface area contributed by atoms with Crippen LogP contribution in [0.4, 0.5) is 0 Å². The molecule has 0 spiro atoms.